The summed E-state index contributed by atoms with van der Waals surface area (Å²) < 4.78 is 11.4. The molecule has 2 rings (SSSR count). The Labute approximate surface area is 109 Å². The van der Waals surface area contributed by atoms with Gasteiger partial charge in [0, 0.05) is 22.9 Å². The van der Waals surface area contributed by atoms with Crippen LogP contribution in [-0.4, -0.2) is 23.6 Å². The van der Waals surface area contributed by atoms with Crippen LogP contribution >= 0.6 is 27.5 Å². The van der Waals surface area contributed by atoms with Crippen LogP contribution < -0.4 is 4.74 Å². The molecule has 1 aromatic rings. The van der Waals surface area contributed by atoms with Gasteiger partial charge in [0.2, 0.25) is 0 Å². The smallest absolute Gasteiger partial charge is 0.127 e. The van der Waals surface area contributed by atoms with Crippen molar-refractivity contribution in [2.45, 2.75) is 30.4 Å². The van der Waals surface area contributed by atoms with E-state index in [1.165, 1.54) is 0 Å². The molecule has 0 radical (unpaired) electrons. The van der Waals surface area contributed by atoms with Gasteiger partial charge in [-0.2, -0.15) is 0 Å². The Balaban J connectivity index is 1.95. The zero-order valence-electron chi connectivity index (χ0n) is 9.03. The number of benzene rings is 1. The van der Waals surface area contributed by atoms with Crippen molar-refractivity contribution in [2.24, 2.45) is 0 Å². The summed E-state index contributed by atoms with van der Waals surface area (Å²) in [4.78, 5) is 0.400. The maximum absolute atomic E-state index is 5.90. The van der Waals surface area contributed by atoms with Crippen molar-refractivity contribution in [1.82, 2.24) is 0 Å². The fraction of sp³-hybridized carbons (Fsp3) is 0.500. The maximum Gasteiger partial charge on any atom is 0.127 e. The van der Waals surface area contributed by atoms with Gasteiger partial charge in [-0.1, -0.05) is 33.6 Å². The number of hydrogen-bond acceptors (Lipinski definition) is 2. The van der Waals surface area contributed by atoms with E-state index in [9.17, 15) is 0 Å². The van der Waals surface area contributed by atoms with Crippen LogP contribution in [0.25, 0.3) is 0 Å². The monoisotopic (exact) mass is 304 g/mol. The van der Waals surface area contributed by atoms with E-state index < -0.39 is 0 Å². The van der Waals surface area contributed by atoms with Crippen LogP contribution in [0.2, 0.25) is 5.02 Å². The van der Waals surface area contributed by atoms with Gasteiger partial charge in [0.05, 0.1) is 0 Å². The molecule has 0 heterocycles. The Morgan fingerprint density at radius 3 is 2.94 bits per heavy atom. The van der Waals surface area contributed by atoms with E-state index in [-0.39, 0.29) is 12.2 Å². The average molecular weight is 306 g/mol. The minimum atomic E-state index is 0.128. The summed E-state index contributed by atoms with van der Waals surface area (Å²) in [5.41, 5.74) is 0. The number of rotatable bonds is 4. The largest absolute Gasteiger partial charge is 0.488 e. The van der Waals surface area contributed by atoms with Crippen molar-refractivity contribution in [3.05, 3.63) is 29.3 Å². The summed E-state index contributed by atoms with van der Waals surface area (Å²) >= 11 is 9.46. The molecule has 0 N–H and O–H groups in total. The molecule has 1 aliphatic carbocycles. The van der Waals surface area contributed by atoms with Crippen LogP contribution in [0, 0.1) is 0 Å². The topological polar surface area (TPSA) is 18.5 Å². The molecule has 0 spiro atoms. The Bertz CT molecular complexity index is 359. The highest BCUT2D eigenvalue weighted by Gasteiger charge is 2.42. The van der Waals surface area contributed by atoms with E-state index in [2.05, 4.69) is 15.9 Å². The number of hydrogen-bond donors (Lipinski definition) is 0. The molecule has 0 aromatic heterocycles. The van der Waals surface area contributed by atoms with Crippen LogP contribution in [-0.2, 0) is 4.74 Å². The van der Waals surface area contributed by atoms with E-state index >= 15 is 0 Å². The second-order valence-corrected chi connectivity index (χ2v) is 5.40. The molecule has 2 nitrogen and oxygen atoms in total. The Morgan fingerprint density at radius 1 is 1.50 bits per heavy atom. The summed E-state index contributed by atoms with van der Waals surface area (Å²) in [6.07, 6.45) is 1.24. The lowest BCUT2D eigenvalue weighted by atomic mass is 9.91. The second kappa shape index (κ2) is 5.39. The van der Waals surface area contributed by atoms with Gasteiger partial charge in [-0.25, -0.2) is 0 Å². The molecule has 1 saturated carbocycles. The third-order valence-electron chi connectivity index (χ3n) is 2.62. The Kier molecular flexibility index (Phi) is 4.11. The van der Waals surface area contributed by atoms with E-state index in [0.29, 0.717) is 16.5 Å². The molecule has 88 valence electrons. The number of halogens is 2. The second-order valence-electron chi connectivity index (χ2n) is 3.79. The third-order valence-corrected chi connectivity index (χ3v) is 3.75. The van der Waals surface area contributed by atoms with Crippen LogP contribution in [0.5, 0.6) is 5.75 Å². The lowest BCUT2D eigenvalue weighted by Crippen LogP contribution is -2.52. The first-order chi connectivity index (χ1) is 7.70. The molecule has 0 bridgehead atoms. The molecule has 0 saturated heterocycles. The zero-order valence-corrected chi connectivity index (χ0v) is 11.4. The Hall–Kier alpha value is -0.250. The molecule has 1 fully saturated rings. The highest BCUT2D eigenvalue weighted by atomic mass is 79.9. The first-order valence-electron chi connectivity index (χ1n) is 5.38. The molecule has 3 unspecified atom stereocenters. The lowest BCUT2D eigenvalue weighted by molar-refractivity contribution is -0.0723. The summed E-state index contributed by atoms with van der Waals surface area (Å²) in [5, 5.41) is 0.695. The van der Waals surface area contributed by atoms with Crippen molar-refractivity contribution < 1.29 is 9.47 Å². The molecule has 3 atom stereocenters. The maximum atomic E-state index is 5.90. The van der Waals surface area contributed by atoms with E-state index in [4.69, 9.17) is 21.1 Å². The van der Waals surface area contributed by atoms with Crippen molar-refractivity contribution in [1.29, 1.82) is 0 Å². The molecule has 16 heavy (non-hydrogen) atoms. The Morgan fingerprint density at radius 2 is 2.31 bits per heavy atom. The highest BCUT2D eigenvalue weighted by molar-refractivity contribution is 9.09. The van der Waals surface area contributed by atoms with Gasteiger partial charge in [-0.05, 0) is 25.1 Å². The van der Waals surface area contributed by atoms with Gasteiger partial charge in [0.25, 0.3) is 0 Å². The van der Waals surface area contributed by atoms with Gasteiger partial charge in [0.1, 0.15) is 18.0 Å². The third kappa shape index (κ3) is 2.70. The van der Waals surface area contributed by atoms with Crippen LogP contribution in [0.3, 0.4) is 0 Å². The van der Waals surface area contributed by atoms with Gasteiger partial charge in [-0.15, -0.1) is 0 Å². The standard InChI is InChI=1S/C12H14BrClO2/c1-2-15-12-10(13)7-11(12)16-9-5-3-4-8(14)6-9/h3-6,10-12H,2,7H2,1H3. The molecule has 1 aliphatic rings. The van der Waals surface area contributed by atoms with Gasteiger partial charge >= 0.3 is 0 Å². The summed E-state index contributed by atoms with van der Waals surface area (Å²) in [6.45, 7) is 2.71. The minimum absolute atomic E-state index is 0.128. The van der Waals surface area contributed by atoms with E-state index in [0.717, 1.165) is 12.2 Å². The van der Waals surface area contributed by atoms with Gasteiger partial charge < -0.3 is 9.47 Å². The number of ether oxygens (including phenoxy) is 2. The molecule has 0 amide bonds. The normalized spacial score (nSPS) is 28.6. The first-order valence-corrected chi connectivity index (χ1v) is 6.68. The quantitative estimate of drug-likeness (QED) is 0.790. The average Bonchev–Trinajstić information content (AvgIpc) is 2.26. The molecular weight excluding hydrogens is 291 g/mol. The van der Waals surface area contributed by atoms with Crippen molar-refractivity contribution in [2.75, 3.05) is 6.61 Å². The first kappa shape index (κ1) is 12.2. The predicted molar refractivity (Wildman–Crippen MR) is 68.6 cm³/mol. The van der Waals surface area contributed by atoms with Gasteiger partial charge in [0.15, 0.2) is 0 Å². The minimum Gasteiger partial charge on any atom is -0.488 e. The molecule has 4 heteroatoms. The molecule has 1 aromatic carbocycles. The van der Waals surface area contributed by atoms with Crippen molar-refractivity contribution in [3.8, 4) is 5.75 Å². The fourth-order valence-corrected chi connectivity index (χ4v) is 2.80. The predicted octanol–water partition coefficient (Wildman–Crippen LogP) is 3.66. The van der Waals surface area contributed by atoms with Crippen molar-refractivity contribution in [3.63, 3.8) is 0 Å². The summed E-state index contributed by atoms with van der Waals surface area (Å²) in [5.74, 6) is 0.807. The highest BCUT2D eigenvalue weighted by Crippen LogP contribution is 2.34. The SMILES string of the molecule is CCOC1C(Br)CC1Oc1cccc(Cl)c1. The fourth-order valence-electron chi connectivity index (χ4n) is 1.76. The summed E-state index contributed by atoms with van der Waals surface area (Å²) in [6, 6.07) is 7.46. The van der Waals surface area contributed by atoms with E-state index in [1.807, 2.05) is 31.2 Å². The van der Waals surface area contributed by atoms with Crippen LogP contribution in [0.4, 0.5) is 0 Å². The van der Waals surface area contributed by atoms with Gasteiger partial charge in [-0.3, -0.25) is 0 Å². The summed E-state index contributed by atoms with van der Waals surface area (Å²) in [7, 11) is 0. The lowest BCUT2D eigenvalue weighted by Gasteiger charge is -2.40. The van der Waals surface area contributed by atoms with E-state index in [1.54, 1.807) is 0 Å². The van der Waals surface area contributed by atoms with Crippen LogP contribution in [0.1, 0.15) is 13.3 Å². The van der Waals surface area contributed by atoms with Crippen LogP contribution in [0.15, 0.2) is 24.3 Å². The number of alkyl halides is 1. The molecular formula is C12H14BrClO2. The molecule has 0 aliphatic heterocycles. The van der Waals surface area contributed by atoms with Crippen molar-refractivity contribution >= 4 is 27.5 Å². The zero-order chi connectivity index (χ0) is 11.5.